The van der Waals surface area contributed by atoms with Crippen molar-refractivity contribution < 1.29 is 5.11 Å². The zero-order valence-corrected chi connectivity index (χ0v) is 10.5. The van der Waals surface area contributed by atoms with E-state index in [4.69, 9.17) is 0 Å². The van der Waals surface area contributed by atoms with Crippen LogP contribution in [0.2, 0.25) is 0 Å². The highest BCUT2D eigenvalue weighted by molar-refractivity contribution is 5.29. The highest BCUT2D eigenvalue weighted by atomic mass is 16.3. The van der Waals surface area contributed by atoms with Crippen LogP contribution in [0.1, 0.15) is 23.6 Å². The molecule has 0 saturated carbocycles. The molecule has 1 atom stereocenters. The van der Waals surface area contributed by atoms with Crippen molar-refractivity contribution in [3.05, 3.63) is 35.4 Å². The molecule has 1 aromatic rings. The Bertz CT molecular complexity index is 348. The molecule has 1 heterocycles. The lowest BCUT2D eigenvalue weighted by molar-refractivity contribution is 0.140. The fourth-order valence-corrected chi connectivity index (χ4v) is 2.61. The van der Waals surface area contributed by atoms with Gasteiger partial charge in [-0.1, -0.05) is 24.3 Å². The van der Waals surface area contributed by atoms with E-state index in [1.165, 1.54) is 11.1 Å². The van der Waals surface area contributed by atoms with E-state index in [1.54, 1.807) is 0 Å². The first-order valence-corrected chi connectivity index (χ1v) is 6.44. The molecule has 0 unspecified atom stereocenters. The van der Waals surface area contributed by atoms with Crippen molar-refractivity contribution in [2.24, 2.45) is 0 Å². The third-order valence-corrected chi connectivity index (χ3v) is 3.54. The first kappa shape index (κ1) is 12.6. The lowest BCUT2D eigenvalue weighted by Crippen LogP contribution is -2.45. The molecule has 0 radical (unpaired) electrons. The summed E-state index contributed by atoms with van der Waals surface area (Å²) in [5, 5.41) is 12.7. The van der Waals surface area contributed by atoms with E-state index in [0.29, 0.717) is 6.04 Å². The third kappa shape index (κ3) is 3.06. The van der Waals surface area contributed by atoms with Crippen molar-refractivity contribution in [1.29, 1.82) is 0 Å². The number of hydrogen-bond donors (Lipinski definition) is 2. The van der Waals surface area contributed by atoms with Crippen molar-refractivity contribution in [3.63, 3.8) is 0 Å². The minimum atomic E-state index is 0.253. The second kappa shape index (κ2) is 6.15. The molecule has 0 bridgehead atoms. The average molecular weight is 234 g/mol. The molecule has 0 spiro atoms. The summed E-state index contributed by atoms with van der Waals surface area (Å²) in [6.45, 7) is 6.64. The Morgan fingerprint density at radius 1 is 1.29 bits per heavy atom. The Hall–Kier alpha value is -0.900. The summed E-state index contributed by atoms with van der Waals surface area (Å²) in [5.74, 6) is 0. The minimum Gasteiger partial charge on any atom is -0.396 e. The van der Waals surface area contributed by atoms with Gasteiger partial charge in [0.15, 0.2) is 0 Å². The van der Waals surface area contributed by atoms with Gasteiger partial charge in [-0.2, -0.15) is 0 Å². The third-order valence-electron chi connectivity index (χ3n) is 3.54. The summed E-state index contributed by atoms with van der Waals surface area (Å²) in [6, 6.07) is 8.88. The molecule has 1 saturated heterocycles. The number of aliphatic hydroxyl groups is 1. The molecule has 3 heteroatoms. The van der Waals surface area contributed by atoms with Crippen molar-refractivity contribution in [2.45, 2.75) is 19.4 Å². The molecular formula is C14H22N2O. The molecule has 0 amide bonds. The summed E-state index contributed by atoms with van der Waals surface area (Å²) in [6.07, 6.45) is 0.824. The van der Waals surface area contributed by atoms with E-state index in [-0.39, 0.29) is 6.61 Å². The molecule has 2 N–H and O–H groups in total. The lowest BCUT2D eigenvalue weighted by Gasteiger charge is -2.35. The van der Waals surface area contributed by atoms with Gasteiger partial charge in [0.2, 0.25) is 0 Å². The van der Waals surface area contributed by atoms with Crippen LogP contribution in [0, 0.1) is 6.92 Å². The zero-order valence-electron chi connectivity index (χ0n) is 10.5. The predicted molar refractivity (Wildman–Crippen MR) is 70.1 cm³/mol. The quantitative estimate of drug-likeness (QED) is 0.825. The van der Waals surface area contributed by atoms with Gasteiger partial charge in [0.1, 0.15) is 0 Å². The highest BCUT2D eigenvalue weighted by Gasteiger charge is 2.22. The molecule has 1 aliphatic rings. The van der Waals surface area contributed by atoms with Gasteiger partial charge in [-0.3, -0.25) is 4.90 Å². The second-order valence-electron chi connectivity index (χ2n) is 4.67. The van der Waals surface area contributed by atoms with Gasteiger partial charge in [0, 0.05) is 38.8 Å². The zero-order chi connectivity index (χ0) is 12.1. The standard InChI is InChI=1S/C14H22N2O/c1-12-4-2-3-5-13(12)14(6-11-17)16-9-7-15-8-10-16/h2-5,14-15,17H,6-11H2,1H3/t14-/m0/s1. The van der Waals surface area contributed by atoms with Gasteiger partial charge in [-0.05, 0) is 24.5 Å². The van der Waals surface area contributed by atoms with E-state index in [1.807, 2.05) is 0 Å². The van der Waals surface area contributed by atoms with E-state index in [0.717, 1.165) is 32.6 Å². The SMILES string of the molecule is Cc1ccccc1[C@H](CCO)N1CCNCC1. The van der Waals surface area contributed by atoms with Crippen LogP contribution >= 0.6 is 0 Å². The maximum absolute atomic E-state index is 9.28. The van der Waals surface area contributed by atoms with Crippen LogP contribution in [0.4, 0.5) is 0 Å². The van der Waals surface area contributed by atoms with Gasteiger partial charge < -0.3 is 10.4 Å². The Morgan fingerprint density at radius 2 is 2.00 bits per heavy atom. The summed E-state index contributed by atoms with van der Waals surface area (Å²) in [7, 11) is 0. The Labute approximate surface area is 103 Å². The smallest absolute Gasteiger partial charge is 0.0449 e. The van der Waals surface area contributed by atoms with Crippen molar-refractivity contribution in [1.82, 2.24) is 10.2 Å². The number of aliphatic hydroxyl groups excluding tert-OH is 1. The molecule has 2 rings (SSSR count). The van der Waals surface area contributed by atoms with E-state index in [2.05, 4.69) is 41.4 Å². The number of nitrogens with one attached hydrogen (secondary N) is 1. The highest BCUT2D eigenvalue weighted by Crippen LogP contribution is 2.26. The van der Waals surface area contributed by atoms with Crippen LogP contribution in [-0.2, 0) is 0 Å². The van der Waals surface area contributed by atoms with Crippen LogP contribution in [0.3, 0.4) is 0 Å². The van der Waals surface area contributed by atoms with Gasteiger partial charge >= 0.3 is 0 Å². The summed E-state index contributed by atoms with van der Waals surface area (Å²) in [5.41, 5.74) is 2.69. The number of aryl methyl sites for hydroxylation is 1. The Morgan fingerprint density at radius 3 is 2.65 bits per heavy atom. The van der Waals surface area contributed by atoms with Crippen molar-refractivity contribution in [2.75, 3.05) is 32.8 Å². The first-order valence-electron chi connectivity index (χ1n) is 6.44. The van der Waals surface area contributed by atoms with Crippen molar-refractivity contribution >= 4 is 0 Å². The number of nitrogens with zero attached hydrogens (tertiary/aromatic N) is 1. The van der Waals surface area contributed by atoms with Crippen LogP contribution in [-0.4, -0.2) is 42.8 Å². The normalized spacial score (nSPS) is 19.2. The molecule has 17 heavy (non-hydrogen) atoms. The molecule has 3 nitrogen and oxygen atoms in total. The molecular weight excluding hydrogens is 212 g/mol. The van der Waals surface area contributed by atoms with Crippen LogP contribution in [0.5, 0.6) is 0 Å². The predicted octanol–water partition coefficient (Wildman–Crippen LogP) is 1.32. The van der Waals surface area contributed by atoms with Crippen molar-refractivity contribution in [3.8, 4) is 0 Å². The van der Waals surface area contributed by atoms with Gasteiger partial charge in [-0.15, -0.1) is 0 Å². The Balaban J connectivity index is 2.18. The summed E-state index contributed by atoms with van der Waals surface area (Å²) in [4.78, 5) is 2.48. The average Bonchev–Trinajstić information content (AvgIpc) is 2.38. The topological polar surface area (TPSA) is 35.5 Å². The fraction of sp³-hybridized carbons (Fsp3) is 0.571. The molecule has 1 fully saturated rings. The van der Waals surface area contributed by atoms with Crippen LogP contribution in [0.15, 0.2) is 24.3 Å². The number of rotatable bonds is 4. The fourth-order valence-electron chi connectivity index (χ4n) is 2.61. The van der Waals surface area contributed by atoms with Gasteiger partial charge in [-0.25, -0.2) is 0 Å². The first-order chi connectivity index (χ1) is 8.33. The number of hydrogen-bond acceptors (Lipinski definition) is 3. The van der Waals surface area contributed by atoms with Gasteiger partial charge in [0.05, 0.1) is 0 Å². The van der Waals surface area contributed by atoms with E-state index < -0.39 is 0 Å². The van der Waals surface area contributed by atoms with E-state index >= 15 is 0 Å². The molecule has 0 aromatic heterocycles. The molecule has 94 valence electrons. The summed E-state index contributed by atoms with van der Waals surface area (Å²) < 4.78 is 0. The lowest BCUT2D eigenvalue weighted by atomic mass is 9.97. The summed E-state index contributed by atoms with van der Waals surface area (Å²) >= 11 is 0. The largest absolute Gasteiger partial charge is 0.396 e. The molecule has 1 aliphatic heterocycles. The maximum Gasteiger partial charge on any atom is 0.0449 e. The monoisotopic (exact) mass is 234 g/mol. The Kier molecular flexibility index (Phi) is 4.54. The maximum atomic E-state index is 9.28. The number of benzene rings is 1. The van der Waals surface area contributed by atoms with Crippen LogP contribution in [0.25, 0.3) is 0 Å². The second-order valence-corrected chi connectivity index (χ2v) is 4.67. The van der Waals surface area contributed by atoms with E-state index in [9.17, 15) is 5.11 Å². The molecule has 0 aliphatic carbocycles. The van der Waals surface area contributed by atoms with Crippen LogP contribution < -0.4 is 5.32 Å². The molecule has 1 aromatic carbocycles. The van der Waals surface area contributed by atoms with Gasteiger partial charge in [0.25, 0.3) is 0 Å². The minimum absolute atomic E-state index is 0.253. The number of piperazine rings is 1.